The minimum Gasteiger partial charge on any atom is -0.477 e. The van der Waals surface area contributed by atoms with Crippen molar-refractivity contribution in [3.05, 3.63) is 46.4 Å². The summed E-state index contributed by atoms with van der Waals surface area (Å²) in [5.41, 5.74) is 0.594. The Hall–Kier alpha value is -1.81. The zero-order valence-electron chi connectivity index (χ0n) is 13.4. The van der Waals surface area contributed by atoms with E-state index in [-0.39, 0.29) is 29.0 Å². The second kappa shape index (κ2) is 7.61. The number of hydrogen-bond donors (Lipinski definition) is 1. The highest BCUT2D eigenvalue weighted by Crippen LogP contribution is 2.27. The van der Waals surface area contributed by atoms with Crippen molar-refractivity contribution >= 4 is 27.3 Å². The lowest BCUT2D eigenvalue weighted by Gasteiger charge is -2.24. The molecular formula is C16H18N2O5S2. The summed E-state index contributed by atoms with van der Waals surface area (Å²) in [5.74, 6) is -1.25. The number of ether oxygens (including phenoxy) is 1. The Morgan fingerprint density at radius 3 is 2.88 bits per heavy atom. The van der Waals surface area contributed by atoms with Crippen molar-refractivity contribution in [3.63, 3.8) is 0 Å². The van der Waals surface area contributed by atoms with E-state index in [1.165, 1.54) is 15.8 Å². The lowest BCUT2D eigenvalue weighted by atomic mass is 10.2. The van der Waals surface area contributed by atoms with E-state index in [2.05, 4.69) is 4.98 Å². The van der Waals surface area contributed by atoms with Crippen LogP contribution in [0, 0.1) is 0 Å². The highest BCUT2D eigenvalue weighted by Gasteiger charge is 2.33. The zero-order valence-corrected chi connectivity index (χ0v) is 15.0. The maximum Gasteiger partial charge on any atom is 0.347 e. The van der Waals surface area contributed by atoms with Gasteiger partial charge >= 0.3 is 5.97 Å². The molecular weight excluding hydrogens is 364 g/mol. The number of carboxylic acid groups (broad SMARTS) is 1. The number of hydrogen-bond acceptors (Lipinski definition) is 6. The van der Waals surface area contributed by atoms with Crippen LogP contribution in [0.25, 0.3) is 0 Å². The third-order valence-electron chi connectivity index (χ3n) is 3.94. The molecule has 1 N–H and O–H groups in total. The van der Waals surface area contributed by atoms with Crippen LogP contribution in [0.5, 0.6) is 0 Å². The van der Waals surface area contributed by atoms with Crippen LogP contribution in [0.3, 0.4) is 0 Å². The molecule has 1 unspecified atom stereocenters. The van der Waals surface area contributed by atoms with Gasteiger partial charge in [0.15, 0.2) is 0 Å². The van der Waals surface area contributed by atoms with E-state index >= 15 is 0 Å². The van der Waals surface area contributed by atoms with Crippen molar-refractivity contribution in [1.29, 1.82) is 0 Å². The third kappa shape index (κ3) is 4.06. The van der Waals surface area contributed by atoms with Crippen LogP contribution in [0.2, 0.25) is 0 Å². The number of sulfonamides is 1. The summed E-state index contributed by atoms with van der Waals surface area (Å²) in [5, 5.41) is 10.7. The van der Waals surface area contributed by atoms with Gasteiger partial charge in [0, 0.05) is 19.3 Å². The van der Waals surface area contributed by atoms with Crippen LogP contribution in [0.4, 0.5) is 0 Å². The van der Waals surface area contributed by atoms with Gasteiger partial charge in [-0.25, -0.2) is 13.2 Å². The molecule has 1 atom stereocenters. The van der Waals surface area contributed by atoms with Gasteiger partial charge in [-0.15, -0.1) is 11.3 Å². The van der Waals surface area contributed by atoms with E-state index in [1.807, 2.05) is 0 Å². The van der Waals surface area contributed by atoms with Crippen LogP contribution in [-0.4, -0.2) is 48.0 Å². The van der Waals surface area contributed by atoms with Crippen molar-refractivity contribution in [1.82, 2.24) is 9.29 Å². The smallest absolute Gasteiger partial charge is 0.347 e. The highest BCUT2D eigenvalue weighted by molar-refractivity contribution is 7.89. The molecule has 1 aliphatic heterocycles. The Morgan fingerprint density at radius 2 is 2.24 bits per heavy atom. The van der Waals surface area contributed by atoms with E-state index < -0.39 is 16.0 Å². The molecule has 0 spiro atoms. The zero-order chi connectivity index (χ0) is 17.9. The van der Waals surface area contributed by atoms with Crippen LogP contribution < -0.4 is 0 Å². The second-order valence-corrected chi connectivity index (χ2v) is 8.50. The first-order valence-electron chi connectivity index (χ1n) is 7.81. The third-order valence-corrected chi connectivity index (χ3v) is 6.82. The van der Waals surface area contributed by atoms with E-state index in [1.54, 1.807) is 24.4 Å². The molecule has 2 aromatic rings. The summed E-state index contributed by atoms with van der Waals surface area (Å²) in [4.78, 5) is 15.2. The minimum atomic E-state index is -3.98. The molecule has 1 fully saturated rings. The summed E-state index contributed by atoms with van der Waals surface area (Å²) < 4.78 is 33.0. The van der Waals surface area contributed by atoms with Gasteiger partial charge in [-0.2, -0.15) is 4.31 Å². The Kier molecular flexibility index (Phi) is 5.48. The highest BCUT2D eigenvalue weighted by atomic mass is 32.2. The van der Waals surface area contributed by atoms with Gasteiger partial charge in [0.2, 0.25) is 10.0 Å². The molecule has 1 saturated heterocycles. The maximum atomic E-state index is 13.1. The van der Waals surface area contributed by atoms with Gasteiger partial charge in [0.25, 0.3) is 0 Å². The normalized spacial score (nSPS) is 17.9. The molecule has 0 saturated carbocycles. The van der Waals surface area contributed by atoms with E-state index in [9.17, 15) is 18.3 Å². The quantitative estimate of drug-likeness (QED) is 0.789. The lowest BCUT2D eigenvalue weighted by Crippen LogP contribution is -2.37. The van der Waals surface area contributed by atoms with Crippen molar-refractivity contribution in [2.75, 3.05) is 13.2 Å². The fourth-order valence-corrected chi connectivity index (χ4v) is 5.41. The van der Waals surface area contributed by atoms with Gasteiger partial charge in [0.1, 0.15) is 9.77 Å². The van der Waals surface area contributed by atoms with Crippen molar-refractivity contribution in [2.45, 2.75) is 30.4 Å². The first-order valence-corrected chi connectivity index (χ1v) is 10.1. The molecule has 2 aromatic heterocycles. The Balaban J connectivity index is 1.93. The number of pyridine rings is 1. The maximum absolute atomic E-state index is 13.1. The molecule has 0 amide bonds. The molecule has 0 aliphatic carbocycles. The largest absolute Gasteiger partial charge is 0.477 e. The molecule has 0 aromatic carbocycles. The lowest BCUT2D eigenvalue weighted by molar-refractivity contribution is 0.0698. The van der Waals surface area contributed by atoms with Gasteiger partial charge < -0.3 is 9.84 Å². The number of carbonyl (C=O) groups is 1. The minimum absolute atomic E-state index is 0.0674. The van der Waals surface area contributed by atoms with Crippen LogP contribution in [-0.2, 0) is 21.3 Å². The molecule has 25 heavy (non-hydrogen) atoms. The summed E-state index contributed by atoms with van der Waals surface area (Å²) in [7, 11) is -3.98. The summed E-state index contributed by atoms with van der Waals surface area (Å²) in [6, 6.07) is 6.62. The van der Waals surface area contributed by atoms with Crippen molar-refractivity contribution in [2.24, 2.45) is 0 Å². The molecule has 3 heterocycles. The molecule has 3 rings (SSSR count). The summed E-state index contributed by atoms with van der Waals surface area (Å²) >= 11 is 0.899. The van der Waals surface area contributed by atoms with Gasteiger partial charge in [-0.3, -0.25) is 4.98 Å². The van der Waals surface area contributed by atoms with Crippen molar-refractivity contribution < 1.29 is 23.1 Å². The van der Waals surface area contributed by atoms with Gasteiger partial charge in [0.05, 0.1) is 18.3 Å². The predicted molar refractivity (Wildman–Crippen MR) is 92.1 cm³/mol. The summed E-state index contributed by atoms with van der Waals surface area (Å²) in [6.45, 7) is 0.854. The first kappa shape index (κ1) is 18.0. The monoisotopic (exact) mass is 382 g/mol. The predicted octanol–water partition coefficient (Wildman–Crippen LogP) is 2.21. The molecule has 0 bridgehead atoms. The first-order chi connectivity index (χ1) is 12.0. The van der Waals surface area contributed by atoms with Gasteiger partial charge in [-0.1, -0.05) is 6.07 Å². The van der Waals surface area contributed by atoms with Crippen molar-refractivity contribution in [3.8, 4) is 0 Å². The SMILES string of the molecule is O=C(O)c1sccc1S(=O)(=O)N(Cc1ccccn1)CC1CCCO1. The number of carboxylic acids is 1. The molecule has 9 heteroatoms. The van der Waals surface area contributed by atoms with Crippen LogP contribution in [0.1, 0.15) is 28.2 Å². The molecule has 7 nitrogen and oxygen atoms in total. The Labute approximate surface area is 149 Å². The average molecular weight is 382 g/mol. The average Bonchev–Trinajstić information content (AvgIpc) is 3.27. The molecule has 0 radical (unpaired) electrons. The van der Waals surface area contributed by atoms with Crippen LogP contribution >= 0.6 is 11.3 Å². The number of thiophene rings is 1. The molecule has 134 valence electrons. The van der Waals surface area contributed by atoms with E-state index in [0.717, 1.165) is 24.2 Å². The summed E-state index contributed by atoms with van der Waals surface area (Å²) in [6.07, 6.45) is 3.08. The Morgan fingerprint density at radius 1 is 1.40 bits per heavy atom. The molecule has 1 aliphatic rings. The number of nitrogens with zero attached hydrogens (tertiary/aromatic N) is 2. The Bertz CT molecular complexity index is 829. The van der Waals surface area contributed by atoms with Gasteiger partial charge in [-0.05, 0) is 36.4 Å². The van der Waals surface area contributed by atoms with Crippen LogP contribution in [0.15, 0.2) is 40.7 Å². The standard InChI is InChI=1S/C16H18N2O5S2/c19-16(20)15-14(6-9-24-15)25(21,22)18(11-13-5-3-8-23-13)10-12-4-1-2-7-17-12/h1-2,4,6-7,9,13H,3,5,8,10-11H2,(H,19,20). The van der Waals surface area contributed by atoms with E-state index in [4.69, 9.17) is 4.74 Å². The number of aromatic carboxylic acids is 1. The number of aromatic nitrogens is 1. The second-order valence-electron chi connectivity index (χ2n) is 5.67. The van der Waals surface area contributed by atoms with E-state index in [0.29, 0.717) is 12.3 Å². The fraction of sp³-hybridized carbons (Fsp3) is 0.375. The topological polar surface area (TPSA) is 96.8 Å². The number of rotatable bonds is 7. The fourth-order valence-electron chi connectivity index (χ4n) is 2.73.